The number of carbonyl (C=O) groups is 4. The van der Waals surface area contributed by atoms with E-state index in [-0.39, 0.29) is 56.1 Å². The zero-order valence-electron chi connectivity index (χ0n) is 25.8. The fourth-order valence-corrected chi connectivity index (χ4v) is 6.93. The molecule has 4 rings (SSSR count). The second-order valence-corrected chi connectivity index (χ2v) is 13.8. The van der Waals surface area contributed by atoms with Crippen LogP contribution in [0.2, 0.25) is 5.02 Å². The number of aryl methyl sites for hydroxylation is 1. The molecule has 45 heavy (non-hydrogen) atoms. The summed E-state index contributed by atoms with van der Waals surface area (Å²) in [4.78, 5) is 60.3. The van der Waals surface area contributed by atoms with Gasteiger partial charge in [0.2, 0.25) is 23.6 Å². The Hall–Kier alpha value is -3.35. The highest BCUT2D eigenvalue weighted by Gasteiger charge is 2.37. The van der Waals surface area contributed by atoms with Crippen molar-refractivity contribution in [1.82, 2.24) is 15.1 Å². The molecule has 2 heterocycles. The molecule has 0 radical (unpaired) electrons. The van der Waals surface area contributed by atoms with Gasteiger partial charge in [0.05, 0.1) is 5.69 Å². The molecule has 0 saturated carbocycles. The lowest BCUT2D eigenvalue weighted by molar-refractivity contribution is -0.145. The van der Waals surface area contributed by atoms with Crippen LogP contribution in [0.5, 0.6) is 0 Å². The number of carbonyl (C=O) groups excluding carboxylic acids is 4. The molecule has 1 saturated heterocycles. The first-order valence-electron chi connectivity index (χ1n) is 15.2. The number of rotatable bonds is 10. The fraction of sp³-hybridized carbons (Fsp3) is 0.500. The average molecular weight is 748 g/mol. The van der Waals surface area contributed by atoms with Crippen LogP contribution in [-0.2, 0) is 32.1 Å². The summed E-state index contributed by atoms with van der Waals surface area (Å²) in [6.45, 7) is 6.80. The smallest absolute Gasteiger partial charge is 0.246 e. The van der Waals surface area contributed by atoms with Crippen molar-refractivity contribution in [3.63, 3.8) is 0 Å². The molecule has 0 bridgehead atoms. The summed E-state index contributed by atoms with van der Waals surface area (Å²) in [6, 6.07) is 9.19. The largest absolute Gasteiger partial charge is 0.342 e. The standard InChI is InChI=1S/C32H39ClIN7O4/c1-20-16-26(24(34)18-23(20)33)38-30(44)25(12-14-36-39-35)37-31(45)27-17-21-8-4-5-9-22(21)19-40(27)28(42)10-11-29(43)41-15-7-6-13-32(41,2)3/h4-5,8-9,16,18,25,27H,6-7,10-15,17,19H2,1-3H3,(H,37,45)(H,38,44). The van der Waals surface area contributed by atoms with Crippen LogP contribution >= 0.6 is 34.2 Å². The summed E-state index contributed by atoms with van der Waals surface area (Å²) in [5.74, 6) is -1.34. The molecule has 2 aromatic carbocycles. The van der Waals surface area contributed by atoms with E-state index in [4.69, 9.17) is 17.1 Å². The highest BCUT2D eigenvalue weighted by molar-refractivity contribution is 14.1. The first-order chi connectivity index (χ1) is 21.4. The van der Waals surface area contributed by atoms with Crippen molar-refractivity contribution in [3.8, 4) is 0 Å². The topological polar surface area (TPSA) is 148 Å². The van der Waals surface area contributed by atoms with Gasteiger partial charge in [-0.05, 0) is 103 Å². The van der Waals surface area contributed by atoms with Gasteiger partial charge in [-0.2, -0.15) is 0 Å². The number of azide groups is 1. The Kier molecular flexibility index (Phi) is 11.7. The molecule has 4 amide bonds. The van der Waals surface area contributed by atoms with Crippen LogP contribution in [0, 0.1) is 10.5 Å². The minimum Gasteiger partial charge on any atom is -0.342 e. The highest BCUT2D eigenvalue weighted by Crippen LogP contribution is 2.30. The third-order valence-electron chi connectivity index (χ3n) is 8.60. The third kappa shape index (κ3) is 8.68. The molecule has 0 spiro atoms. The van der Waals surface area contributed by atoms with Gasteiger partial charge >= 0.3 is 0 Å². The SMILES string of the molecule is Cc1cc(NC(=O)C(CCN=[N+]=[N-])NC(=O)C2Cc3ccccc3CN2C(=O)CCC(=O)N2CCCCC2(C)C)c(I)cc1Cl. The average Bonchev–Trinajstić information content (AvgIpc) is 3.00. The summed E-state index contributed by atoms with van der Waals surface area (Å²) < 4.78 is 0.722. The van der Waals surface area contributed by atoms with E-state index in [2.05, 4.69) is 57.1 Å². The number of amides is 4. The zero-order valence-corrected chi connectivity index (χ0v) is 28.7. The quantitative estimate of drug-likeness (QED) is 0.135. The number of piperidine rings is 1. The molecule has 2 N–H and O–H groups in total. The van der Waals surface area contributed by atoms with E-state index in [1.807, 2.05) is 36.1 Å². The maximum Gasteiger partial charge on any atom is 0.246 e. The molecular formula is C32H39ClIN7O4. The Morgan fingerprint density at radius 1 is 1.13 bits per heavy atom. The first-order valence-corrected chi connectivity index (χ1v) is 16.6. The minimum absolute atomic E-state index is 0.0172. The van der Waals surface area contributed by atoms with Crippen molar-refractivity contribution in [2.24, 2.45) is 5.11 Å². The Balaban J connectivity index is 1.52. The first kappa shape index (κ1) is 34.5. The van der Waals surface area contributed by atoms with Gasteiger partial charge in [0, 0.05) is 57.9 Å². The van der Waals surface area contributed by atoms with Gasteiger partial charge in [-0.25, -0.2) is 0 Å². The van der Waals surface area contributed by atoms with Gasteiger partial charge in [0.1, 0.15) is 12.1 Å². The van der Waals surface area contributed by atoms with E-state index < -0.39 is 23.9 Å². The van der Waals surface area contributed by atoms with E-state index in [0.29, 0.717) is 17.3 Å². The van der Waals surface area contributed by atoms with Crippen LogP contribution < -0.4 is 10.6 Å². The number of benzene rings is 2. The fourth-order valence-electron chi connectivity index (χ4n) is 5.98. The molecule has 1 fully saturated rings. The Bertz CT molecular complexity index is 1510. The maximum atomic E-state index is 13.9. The van der Waals surface area contributed by atoms with Crippen LogP contribution in [0.25, 0.3) is 10.4 Å². The summed E-state index contributed by atoms with van der Waals surface area (Å²) in [5.41, 5.74) is 11.7. The number of nitrogens with one attached hydrogen (secondary N) is 2. The van der Waals surface area contributed by atoms with Gasteiger partial charge in [-0.15, -0.1) is 0 Å². The maximum absolute atomic E-state index is 13.9. The number of halogens is 2. The molecule has 2 aromatic rings. The number of hydrogen-bond donors (Lipinski definition) is 2. The lowest BCUT2D eigenvalue weighted by atomic mass is 9.90. The van der Waals surface area contributed by atoms with Crippen molar-refractivity contribution in [3.05, 3.63) is 72.1 Å². The predicted octanol–water partition coefficient (Wildman–Crippen LogP) is 5.90. The molecule has 2 unspecified atom stereocenters. The van der Waals surface area contributed by atoms with Crippen LogP contribution in [0.1, 0.15) is 69.1 Å². The van der Waals surface area contributed by atoms with Crippen LogP contribution in [-0.4, -0.2) is 64.1 Å². The molecule has 2 aliphatic rings. The molecular weight excluding hydrogens is 709 g/mol. The molecule has 11 nitrogen and oxygen atoms in total. The van der Waals surface area contributed by atoms with E-state index in [1.54, 1.807) is 12.1 Å². The monoisotopic (exact) mass is 747 g/mol. The van der Waals surface area contributed by atoms with Crippen molar-refractivity contribution < 1.29 is 19.2 Å². The second kappa shape index (κ2) is 15.3. The number of hydrogen-bond acceptors (Lipinski definition) is 5. The molecule has 240 valence electrons. The molecule has 2 atom stereocenters. The lowest BCUT2D eigenvalue weighted by Crippen LogP contribution is -2.56. The van der Waals surface area contributed by atoms with E-state index >= 15 is 0 Å². The van der Waals surface area contributed by atoms with Crippen molar-refractivity contribution in [2.75, 3.05) is 18.4 Å². The van der Waals surface area contributed by atoms with E-state index in [1.165, 1.54) is 4.90 Å². The van der Waals surface area contributed by atoms with Crippen LogP contribution in [0.15, 0.2) is 41.5 Å². The summed E-state index contributed by atoms with van der Waals surface area (Å²) in [6.07, 6.45) is 3.29. The number of likely N-dealkylation sites (tertiary alicyclic amines) is 1. The van der Waals surface area contributed by atoms with Crippen molar-refractivity contribution >= 4 is 63.5 Å². The normalized spacial score (nSPS) is 17.8. The van der Waals surface area contributed by atoms with Gasteiger partial charge < -0.3 is 20.4 Å². The van der Waals surface area contributed by atoms with Gasteiger partial charge in [-0.3, -0.25) is 19.2 Å². The number of fused-ring (bicyclic) bond motifs is 1. The van der Waals surface area contributed by atoms with Crippen LogP contribution in [0.4, 0.5) is 5.69 Å². The molecule has 0 aromatic heterocycles. The van der Waals surface area contributed by atoms with Gasteiger partial charge in [0.25, 0.3) is 0 Å². The number of anilines is 1. The summed E-state index contributed by atoms with van der Waals surface area (Å²) >= 11 is 8.29. The van der Waals surface area contributed by atoms with E-state index in [0.717, 1.165) is 39.5 Å². The predicted molar refractivity (Wildman–Crippen MR) is 181 cm³/mol. The van der Waals surface area contributed by atoms with Crippen LogP contribution in [0.3, 0.4) is 0 Å². The molecule has 2 aliphatic heterocycles. The minimum atomic E-state index is -1.04. The second-order valence-electron chi connectivity index (χ2n) is 12.2. The molecule has 13 heteroatoms. The van der Waals surface area contributed by atoms with Crippen molar-refractivity contribution in [2.45, 2.75) is 89.9 Å². The Morgan fingerprint density at radius 2 is 1.84 bits per heavy atom. The highest BCUT2D eigenvalue weighted by atomic mass is 127. The van der Waals surface area contributed by atoms with E-state index in [9.17, 15) is 19.2 Å². The summed E-state index contributed by atoms with van der Waals surface area (Å²) in [7, 11) is 0. The lowest BCUT2D eigenvalue weighted by Gasteiger charge is -2.42. The third-order valence-corrected chi connectivity index (χ3v) is 9.90. The van der Waals surface area contributed by atoms with Gasteiger partial charge in [-0.1, -0.05) is 41.0 Å². The van der Waals surface area contributed by atoms with Gasteiger partial charge in [0.15, 0.2) is 0 Å². The van der Waals surface area contributed by atoms with Crippen molar-refractivity contribution in [1.29, 1.82) is 0 Å². The Labute approximate surface area is 282 Å². The Morgan fingerprint density at radius 3 is 2.56 bits per heavy atom. The summed E-state index contributed by atoms with van der Waals surface area (Å²) in [5, 5.41) is 9.80. The number of nitrogens with zero attached hydrogens (tertiary/aromatic N) is 5. The zero-order chi connectivity index (χ0) is 32.7. The molecule has 0 aliphatic carbocycles.